The van der Waals surface area contributed by atoms with Crippen LogP contribution in [0.3, 0.4) is 0 Å². The first-order valence-electron chi connectivity index (χ1n) is 5.57. The molecule has 1 aliphatic carbocycles. The molecule has 0 aromatic heterocycles. The number of hydrogen-bond donors (Lipinski definition) is 1. The van der Waals surface area contributed by atoms with Crippen LogP contribution in [0.1, 0.15) is 24.8 Å². The number of rotatable bonds is 4. The molecule has 1 fully saturated rings. The van der Waals surface area contributed by atoms with Gasteiger partial charge in [-0.1, -0.05) is 6.07 Å². The third kappa shape index (κ3) is 2.00. The Labute approximate surface area is 96.0 Å². The predicted molar refractivity (Wildman–Crippen MR) is 62.1 cm³/mol. The third-order valence-corrected chi connectivity index (χ3v) is 3.30. The van der Waals surface area contributed by atoms with Crippen molar-refractivity contribution in [3.63, 3.8) is 0 Å². The molecule has 16 heavy (non-hydrogen) atoms. The summed E-state index contributed by atoms with van der Waals surface area (Å²) in [6, 6.07) is 5.98. The van der Waals surface area contributed by atoms with Gasteiger partial charge in [0.15, 0.2) is 11.5 Å². The van der Waals surface area contributed by atoms with Crippen LogP contribution >= 0.6 is 0 Å². The molecule has 88 valence electrons. The average molecular weight is 222 g/mol. The highest BCUT2D eigenvalue weighted by Crippen LogP contribution is 2.50. The molecule has 0 bridgehead atoms. The minimum atomic E-state index is -0.224. The van der Waals surface area contributed by atoms with E-state index in [0.717, 1.165) is 17.9 Å². The fourth-order valence-corrected chi connectivity index (χ4v) is 2.21. The first-order chi connectivity index (χ1) is 7.67. The molecule has 3 atom stereocenters. The summed E-state index contributed by atoms with van der Waals surface area (Å²) < 4.78 is 10.5. The molecule has 1 aliphatic rings. The van der Waals surface area contributed by atoms with Gasteiger partial charge >= 0.3 is 0 Å². The SMILES string of the molecule is COc1ccc([C@H]2C[C@H]2[C@H](C)O)cc1OC. The summed E-state index contributed by atoms with van der Waals surface area (Å²) in [7, 11) is 3.27. The van der Waals surface area contributed by atoms with Crippen molar-refractivity contribution in [1.29, 1.82) is 0 Å². The van der Waals surface area contributed by atoms with Crippen molar-refractivity contribution in [2.75, 3.05) is 14.2 Å². The lowest BCUT2D eigenvalue weighted by atomic mass is 10.1. The van der Waals surface area contributed by atoms with Crippen LogP contribution in [0.25, 0.3) is 0 Å². The van der Waals surface area contributed by atoms with E-state index in [2.05, 4.69) is 6.07 Å². The maximum absolute atomic E-state index is 9.50. The fourth-order valence-electron chi connectivity index (χ4n) is 2.21. The third-order valence-electron chi connectivity index (χ3n) is 3.30. The van der Waals surface area contributed by atoms with Crippen LogP contribution in [0, 0.1) is 5.92 Å². The zero-order valence-electron chi connectivity index (χ0n) is 9.93. The van der Waals surface area contributed by atoms with Crippen molar-refractivity contribution in [2.24, 2.45) is 5.92 Å². The monoisotopic (exact) mass is 222 g/mol. The van der Waals surface area contributed by atoms with Gasteiger partial charge in [-0.15, -0.1) is 0 Å². The first-order valence-corrected chi connectivity index (χ1v) is 5.57. The summed E-state index contributed by atoms with van der Waals surface area (Å²) in [5.74, 6) is 2.38. The van der Waals surface area contributed by atoms with Crippen molar-refractivity contribution in [1.82, 2.24) is 0 Å². The van der Waals surface area contributed by atoms with Gasteiger partial charge in [0.05, 0.1) is 20.3 Å². The predicted octanol–water partition coefficient (Wildman–Crippen LogP) is 2.19. The molecule has 0 radical (unpaired) electrons. The number of ether oxygens (including phenoxy) is 2. The Morgan fingerprint density at radius 1 is 1.25 bits per heavy atom. The van der Waals surface area contributed by atoms with E-state index in [4.69, 9.17) is 9.47 Å². The number of hydrogen-bond acceptors (Lipinski definition) is 3. The molecule has 0 saturated heterocycles. The van der Waals surface area contributed by atoms with Crippen molar-refractivity contribution in [3.8, 4) is 11.5 Å². The molecule has 1 aromatic rings. The topological polar surface area (TPSA) is 38.7 Å². The van der Waals surface area contributed by atoms with Crippen molar-refractivity contribution in [2.45, 2.75) is 25.4 Å². The number of benzene rings is 1. The second-order valence-corrected chi connectivity index (χ2v) is 4.36. The van der Waals surface area contributed by atoms with E-state index in [0.29, 0.717) is 11.8 Å². The highest BCUT2D eigenvalue weighted by Gasteiger charge is 2.41. The second kappa shape index (κ2) is 4.34. The van der Waals surface area contributed by atoms with Gasteiger partial charge in [-0.3, -0.25) is 0 Å². The Hall–Kier alpha value is -1.22. The molecule has 3 nitrogen and oxygen atoms in total. The summed E-state index contributed by atoms with van der Waals surface area (Å²) in [6.45, 7) is 1.85. The summed E-state index contributed by atoms with van der Waals surface area (Å²) >= 11 is 0. The largest absolute Gasteiger partial charge is 0.493 e. The van der Waals surface area contributed by atoms with E-state index in [1.54, 1.807) is 14.2 Å². The van der Waals surface area contributed by atoms with Crippen LogP contribution < -0.4 is 9.47 Å². The summed E-state index contributed by atoms with van der Waals surface area (Å²) in [5.41, 5.74) is 1.23. The minimum absolute atomic E-state index is 0.224. The normalized spacial score (nSPS) is 25.0. The number of aliphatic hydroxyl groups excluding tert-OH is 1. The molecular formula is C13H18O3. The summed E-state index contributed by atoms with van der Waals surface area (Å²) in [4.78, 5) is 0. The Morgan fingerprint density at radius 3 is 2.44 bits per heavy atom. The van der Waals surface area contributed by atoms with Gasteiger partial charge in [0, 0.05) is 0 Å². The molecule has 0 unspecified atom stereocenters. The van der Waals surface area contributed by atoms with E-state index in [9.17, 15) is 5.11 Å². The smallest absolute Gasteiger partial charge is 0.160 e. The molecule has 1 aromatic carbocycles. The zero-order valence-corrected chi connectivity index (χ0v) is 9.93. The van der Waals surface area contributed by atoms with Gasteiger partial charge in [0.2, 0.25) is 0 Å². The lowest BCUT2D eigenvalue weighted by Gasteiger charge is -2.09. The van der Waals surface area contributed by atoms with E-state index in [-0.39, 0.29) is 6.10 Å². The average Bonchev–Trinajstić information content (AvgIpc) is 3.08. The van der Waals surface area contributed by atoms with Gasteiger partial charge in [-0.2, -0.15) is 0 Å². The fraction of sp³-hybridized carbons (Fsp3) is 0.538. The van der Waals surface area contributed by atoms with E-state index < -0.39 is 0 Å². The lowest BCUT2D eigenvalue weighted by molar-refractivity contribution is 0.169. The van der Waals surface area contributed by atoms with Crippen LogP contribution in [-0.4, -0.2) is 25.4 Å². The maximum atomic E-state index is 9.50. The molecule has 0 spiro atoms. The van der Waals surface area contributed by atoms with Gasteiger partial charge in [0.25, 0.3) is 0 Å². The van der Waals surface area contributed by atoms with Gasteiger partial charge in [-0.25, -0.2) is 0 Å². The van der Waals surface area contributed by atoms with E-state index in [1.165, 1.54) is 5.56 Å². The Balaban J connectivity index is 2.18. The Morgan fingerprint density at radius 2 is 1.94 bits per heavy atom. The maximum Gasteiger partial charge on any atom is 0.160 e. The molecule has 0 amide bonds. The highest BCUT2D eigenvalue weighted by molar-refractivity contribution is 5.45. The molecular weight excluding hydrogens is 204 g/mol. The second-order valence-electron chi connectivity index (χ2n) is 4.36. The van der Waals surface area contributed by atoms with Crippen molar-refractivity contribution >= 4 is 0 Å². The summed E-state index contributed by atoms with van der Waals surface area (Å²) in [6.07, 6.45) is 0.839. The van der Waals surface area contributed by atoms with Gasteiger partial charge in [-0.05, 0) is 42.9 Å². The molecule has 1 N–H and O–H groups in total. The van der Waals surface area contributed by atoms with Crippen LogP contribution in [0.5, 0.6) is 11.5 Å². The highest BCUT2D eigenvalue weighted by atomic mass is 16.5. The zero-order chi connectivity index (χ0) is 11.7. The van der Waals surface area contributed by atoms with E-state index in [1.807, 2.05) is 19.1 Å². The summed E-state index contributed by atoms with van der Waals surface area (Å²) in [5, 5.41) is 9.50. The molecule has 2 rings (SSSR count). The van der Waals surface area contributed by atoms with E-state index >= 15 is 0 Å². The van der Waals surface area contributed by atoms with Gasteiger partial charge in [0.1, 0.15) is 0 Å². The van der Waals surface area contributed by atoms with Crippen LogP contribution in [-0.2, 0) is 0 Å². The number of aliphatic hydroxyl groups is 1. The van der Waals surface area contributed by atoms with Crippen molar-refractivity contribution in [3.05, 3.63) is 23.8 Å². The van der Waals surface area contributed by atoms with Crippen molar-refractivity contribution < 1.29 is 14.6 Å². The molecule has 3 heteroatoms. The Kier molecular flexibility index (Phi) is 3.06. The lowest BCUT2D eigenvalue weighted by Crippen LogP contribution is -2.03. The number of methoxy groups -OCH3 is 2. The van der Waals surface area contributed by atoms with Crippen LogP contribution in [0.15, 0.2) is 18.2 Å². The molecule has 1 saturated carbocycles. The minimum Gasteiger partial charge on any atom is -0.493 e. The molecule has 0 heterocycles. The first kappa shape index (κ1) is 11.3. The quantitative estimate of drug-likeness (QED) is 0.848. The van der Waals surface area contributed by atoms with Crippen LogP contribution in [0.2, 0.25) is 0 Å². The van der Waals surface area contributed by atoms with Crippen LogP contribution in [0.4, 0.5) is 0 Å². The Bertz CT molecular complexity index is 373. The standard InChI is InChI=1S/C13H18O3/c1-8(14)10-7-11(10)9-4-5-12(15-2)13(6-9)16-3/h4-6,8,10-11,14H,7H2,1-3H3/t8-,10-,11+/m0/s1. The molecule has 0 aliphatic heterocycles. The van der Waals surface area contributed by atoms with Gasteiger partial charge < -0.3 is 14.6 Å².